The SMILES string of the molecule is CCC(NCc1ccsc1)C1CC1. The van der Waals surface area contributed by atoms with Crippen LogP contribution in [0, 0.1) is 5.92 Å². The minimum atomic E-state index is 0.764. The zero-order chi connectivity index (χ0) is 9.10. The average molecular weight is 195 g/mol. The number of thiophene rings is 1. The molecule has 1 atom stereocenters. The Balaban J connectivity index is 1.77. The molecule has 1 saturated carbocycles. The van der Waals surface area contributed by atoms with Crippen molar-refractivity contribution < 1.29 is 0 Å². The highest BCUT2D eigenvalue weighted by molar-refractivity contribution is 7.07. The Morgan fingerprint density at radius 3 is 3.00 bits per heavy atom. The van der Waals surface area contributed by atoms with Crippen LogP contribution in [0.5, 0.6) is 0 Å². The van der Waals surface area contributed by atoms with E-state index in [0.29, 0.717) is 0 Å². The van der Waals surface area contributed by atoms with E-state index in [-0.39, 0.29) is 0 Å². The third-order valence-corrected chi connectivity index (χ3v) is 3.51. The van der Waals surface area contributed by atoms with Gasteiger partial charge in [0.15, 0.2) is 0 Å². The van der Waals surface area contributed by atoms with Gasteiger partial charge in [0.25, 0.3) is 0 Å². The fourth-order valence-electron chi connectivity index (χ4n) is 1.79. The maximum atomic E-state index is 3.64. The Morgan fingerprint density at radius 1 is 1.62 bits per heavy atom. The molecule has 2 rings (SSSR count). The summed E-state index contributed by atoms with van der Waals surface area (Å²) in [5, 5.41) is 8.02. The highest BCUT2D eigenvalue weighted by Gasteiger charge is 2.29. The van der Waals surface area contributed by atoms with E-state index in [2.05, 4.69) is 29.1 Å². The third-order valence-electron chi connectivity index (χ3n) is 2.78. The molecule has 0 aliphatic heterocycles. The molecule has 1 nitrogen and oxygen atoms in total. The molecule has 1 heterocycles. The largest absolute Gasteiger partial charge is 0.310 e. The van der Waals surface area contributed by atoms with Gasteiger partial charge in [-0.3, -0.25) is 0 Å². The molecule has 0 aromatic carbocycles. The van der Waals surface area contributed by atoms with Gasteiger partial charge in [-0.25, -0.2) is 0 Å². The molecule has 1 aromatic rings. The van der Waals surface area contributed by atoms with Crippen molar-refractivity contribution in [1.29, 1.82) is 0 Å². The second-order valence-corrected chi connectivity index (χ2v) is 4.64. The Labute approximate surface area is 84.2 Å². The van der Waals surface area contributed by atoms with Gasteiger partial charge in [0.2, 0.25) is 0 Å². The molecule has 0 bridgehead atoms. The van der Waals surface area contributed by atoms with E-state index in [1.54, 1.807) is 11.3 Å². The number of hydrogen-bond acceptors (Lipinski definition) is 2. The maximum Gasteiger partial charge on any atom is 0.0216 e. The first kappa shape index (κ1) is 9.22. The second-order valence-electron chi connectivity index (χ2n) is 3.86. The van der Waals surface area contributed by atoms with Crippen molar-refractivity contribution >= 4 is 11.3 Å². The molecule has 1 aromatic heterocycles. The fraction of sp³-hybridized carbons (Fsp3) is 0.636. The third kappa shape index (κ3) is 2.55. The van der Waals surface area contributed by atoms with Gasteiger partial charge in [0.1, 0.15) is 0 Å². The molecule has 1 unspecified atom stereocenters. The van der Waals surface area contributed by atoms with E-state index in [1.807, 2.05) is 0 Å². The van der Waals surface area contributed by atoms with Crippen LogP contribution < -0.4 is 5.32 Å². The van der Waals surface area contributed by atoms with E-state index in [4.69, 9.17) is 0 Å². The van der Waals surface area contributed by atoms with Crippen molar-refractivity contribution in [3.8, 4) is 0 Å². The molecule has 1 aliphatic rings. The summed E-state index contributed by atoms with van der Waals surface area (Å²) in [6, 6.07) is 2.97. The van der Waals surface area contributed by atoms with Crippen LogP contribution >= 0.6 is 11.3 Å². The molecular weight excluding hydrogens is 178 g/mol. The number of hydrogen-bond donors (Lipinski definition) is 1. The van der Waals surface area contributed by atoms with Gasteiger partial charge in [-0.2, -0.15) is 11.3 Å². The summed E-state index contributed by atoms with van der Waals surface area (Å²) in [5.41, 5.74) is 1.43. The van der Waals surface area contributed by atoms with Crippen molar-refractivity contribution in [2.45, 2.75) is 38.8 Å². The quantitative estimate of drug-likeness (QED) is 0.761. The summed E-state index contributed by atoms with van der Waals surface area (Å²) in [5.74, 6) is 0.976. The van der Waals surface area contributed by atoms with Crippen molar-refractivity contribution in [3.63, 3.8) is 0 Å². The van der Waals surface area contributed by atoms with E-state index >= 15 is 0 Å². The van der Waals surface area contributed by atoms with Crippen LogP contribution in [0.1, 0.15) is 31.7 Å². The van der Waals surface area contributed by atoms with Crippen molar-refractivity contribution in [2.75, 3.05) is 0 Å². The molecule has 0 amide bonds. The van der Waals surface area contributed by atoms with Gasteiger partial charge in [0.05, 0.1) is 0 Å². The minimum absolute atomic E-state index is 0.764. The van der Waals surface area contributed by atoms with Crippen LogP contribution in [0.15, 0.2) is 16.8 Å². The summed E-state index contributed by atoms with van der Waals surface area (Å²) in [6.07, 6.45) is 4.15. The van der Waals surface area contributed by atoms with Gasteiger partial charge in [-0.05, 0) is 47.6 Å². The molecule has 0 spiro atoms. The first-order chi connectivity index (χ1) is 6.40. The fourth-order valence-corrected chi connectivity index (χ4v) is 2.45. The molecule has 1 N–H and O–H groups in total. The lowest BCUT2D eigenvalue weighted by Gasteiger charge is -2.15. The lowest BCUT2D eigenvalue weighted by Crippen LogP contribution is -2.29. The van der Waals surface area contributed by atoms with Crippen LogP contribution in [0.3, 0.4) is 0 Å². The second kappa shape index (κ2) is 4.25. The van der Waals surface area contributed by atoms with E-state index in [9.17, 15) is 0 Å². The summed E-state index contributed by atoms with van der Waals surface area (Å²) in [6.45, 7) is 3.34. The molecule has 0 saturated heterocycles. The summed E-state index contributed by atoms with van der Waals surface area (Å²) in [7, 11) is 0. The first-order valence-corrected chi connectivity index (χ1v) is 6.09. The van der Waals surface area contributed by atoms with Crippen LogP contribution in [0.2, 0.25) is 0 Å². The summed E-state index contributed by atoms with van der Waals surface area (Å²) < 4.78 is 0. The van der Waals surface area contributed by atoms with Crippen molar-refractivity contribution in [3.05, 3.63) is 22.4 Å². The lowest BCUT2D eigenvalue weighted by atomic mass is 10.1. The monoisotopic (exact) mass is 195 g/mol. The Hall–Kier alpha value is -0.340. The van der Waals surface area contributed by atoms with Crippen LogP contribution in [0.25, 0.3) is 0 Å². The molecular formula is C11H17NS. The van der Waals surface area contributed by atoms with Gasteiger partial charge >= 0.3 is 0 Å². The van der Waals surface area contributed by atoms with E-state index in [1.165, 1.54) is 24.8 Å². The van der Waals surface area contributed by atoms with Crippen LogP contribution in [-0.2, 0) is 6.54 Å². The van der Waals surface area contributed by atoms with Crippen molar-refractivity contribution in [1.82, 2.24) is 5.32 Å². The molecule has 1 fully saturated rings. The normalized spacial score (nSPS) is 18.8. The van der Waals surface area contributed by atoms with Crippen molar-refractivity contribution in [2.24, 2.45) is 5.92 Å². The van der Waals surface area contributed by atoms with Crippen LogP contribution in [-0.4, -0.2) is 6.04 Å². The highest BCUT2D eigenvalue weighted by atomic mass is 32.1. The number of nitrogens with one attached hydrogen (secondary N) is 1. The van der Waals surface area contributed by atoms with Gasteiger partial charge < -0.3 is 5.32 Å². The first-order valence-electron chi connectivity index (χ1n) is 5.14. The highest BCUT2D eigenvalue weighted by Crippen LogP contribution is 2.33. The predicted molar refractivity (Wildman–Crippen MR) is 58.0 cm³/mol. The van der Waals surface area contributed by atoms with Gasteiger partial charge in [-0.1, -0.05) is 6.92 Å². The lowest BCUT2D eigenvalue weighted by molar-refractivity contribution is 0.449. The Morgan fingerprint density at radius 2 is 2.46 bits per heavy atom. The summed E-state index contributed by atoms with van der Waals surface area (Å²) in [4.78, 5) is 0. The predicted octanol–water partition coefficient (Wildman–Crippen LogP) is 3.03. The van der Waals surface area contributed by atoms with E-state index < -0.39 is 0 Å². The standard InChI is InChI=1S/C11H17NS/c1-2-11(10-3-4-10)12-7-9-5-6-13-8-9/h5-6,8,10-12H,2-4,7H2,1H3. The Kier molecular flexibility index (Phi) is 3.01. The molecule has 13 heavy (non-hydrogen) atoms. The van der Waals surface area contributed by atoms with Gasteiger partial charge in [-0.15, -0.1) is 0 Å². The average Bonchev–Trinajstić information content (AvgIpc) is 2.84. The number of rotatable bonds is 5. The zero-order valence-electron chi connectivity index (χ0n) is 8.12. The molecule has 72 valence electrons. The summed E-state index contributed by atoms with van der Waals surface area (Å²) >= 11 is 1.78. The Bertz CT molecular complexity index is 239. The van der Waals surface area contributed by atoms with Crippen LogP contribution in [0.4, 0.5) is 0 Å². The molecule has 0 radical (unpaired) electrons. The van der Waals surface area contributed by atoms with E-state index in [0.717, 1.165) is 18.5 Å². The zero-order valence-corrected chi connectivity index (χ0v) is 8.94. The topological polar surface area (TPSA) is 12.0 Å². The maximum absolute atomic E-state index is 3.64. The minimum Gasteiger partial charge on any atom is -0.310 e. The van der Waals surface area contributed by atoms with Gasteiger partial charge in [0, 0.05) is 12.6 Å². The smallest absolute Gasteiger partial charge is 0.0216 e. The molecule has 2 heteroatoms. The molecule has 1 aliphatic carbocycles.